The van der Waals surface area contributed by atoms with E-state index in [4.69, 9.17) is 21.1 Å². The highest BCUT2D eigenvalue weighted by atomic mass is 79.9. The number of benzene rings is 2. The second-order valence-corrected chi connectivity index (χ2v) is 5.21. The number of ether oxygens (including phenoxy) is 2. The monoisotopic (exact) mass is 340 g/mol. The molecule has 0 aromatic heterocycles. The van der Waals surface area contributed by atoms with Gasteiger partial charge < -0.3 is 9.47 Å². The third-order valence-electron chi connectivity index (χ3n) is 2.71. The van der Waals surface area contributed by atoms with Gasteiger partial charge >= 0.3 is 0 Å². The Hall–Kier alpha value is -1.19. The first-order chi connectivity index (χ1) is 9.22. The summed E-state index contributed by atoms with van der Waals surface area (Å²) in [4.78, 5) is 0. The summed E-state index contributed by atoms with van der Waals surface area (Å²) in [6.45, 7) is 0.461. The van der Waals surface area contributed by atoms with E-state index in [0.717, 1.165) is 27.1 Å². The largest absolute Gasteiger partial charge is 0.496 e. The van der Waals surface area contributed by atoms with Crippen molar-refractivity contribution in [3.63, 3.8) is 0 Å². The zero-order valence-corrected chi connectivity index (χ0v) is 12.9. The molecule has 0 spiro atoms. The van der Waals surface area contributed by atoms with Crippen LogP contribution in [0.15, 0.2) is 46.9 Å². The molecule has 2 rings (SSSR count). The van der Waals surface area contributed by atoms with Gasteiger partial charge in [-0.25, -0.2) is 0 Å². The molecule has 0 unspecified atom stereocenters. The highest BCUT2D eigenvalue weighted by Crippen LogP contribution is 2.24. The van der Waals surface area contributed by atoms with Crippen molar-refractivity contribution in [2.45, 2.75) is 12.5 Å². The third-order valence-corrected chi connectivity index (χ3v) is 3.52. The topological polar surface area (TPSA) is 18.5 Å². The van der Waals surface area contributed by atoms with Crippen molar-refractivity contribution >= 4 is 27.5 Å². The molecule has 0 fully saturated rings. The molecule has 100 valence electrons. The zero-order valence-electron chi connectivity index (χ0n) is 10.5. The minimum atomic E-state index is 0.461. The van der Waals surface area contributed by atoms with Crippen LogP contribution in [0.5, 0.6) is 11.5 Å². The van der Waals surface area contributed by atoms with Gasteiger partial charge in [0.2, 0.25) is 0 Å². The first-order valence-corrected chi connectivity index (χ1v) is 7.16. The molecule has 0 atom stereocenters. The zero-order chi connectivity index (χ0) is 13.7. The molecular formula is C15H14BrClO2. The van der Waals surface area contributed by atoms with E-state index in [0.29, 0.717) is 12.5 Å². The molecule has 19 heavy (non-hydrogen) atoms. The van der Waals surface area contributed by atoms with Crippen molar-refractivity contribution in [3.05, 3.63) is 58.1 Å². The summed E-state index contributed by atoms with van der Waals surface area (Å²) in [5.41, 5.74) is 2.08. The van der Waals surface area contributed by atoms with Crippen LogP contribution in [0.3, 0.4) is 0 Å². The van der Waals surface area contributed by atoms with Gasteiger partial charge in [0.05, 0.1) is 7.11 Å². The summed E-state index contributed by atoms with van der Waals surface area (Å²) in [6.07, 6.45) is 0. The van der Waals surface area contributed by atoms with Crippen LogP contribution in [0.25, 0.3) is 0 Å². The van der Waals surface area contributed by atoms with Crippen LogP contribution in [0.2, 0.25) is 0 Å². The van der Waals surface area contributed by atoms with Crippen LogP contribution in [0, 0.1) is 0 Å². The maximum atomic E-state index is 5.75. The van der Waals surface area contributed by atoms with Crippen molar-refractivity contribution in [2.75, 3.05) is 7.11 Å². The summed E-state index contributed by atoms with van der Waals surface area (Å²) in [7, 11) is 1.65. The minimum absolute atomic E-state index is 0.461. The number of alkyl halides is 1. The average molecular weight is 342 g/mol. The van der Waals surface area contributed by atoms with E-state index in [1.54, 1.807) is 7.11 Å². The minimum Gasteiger partial charge on any atom is -0.496 e. The fraction of sp³-hybridized carbons (Fsp3) is 0.200. The van der Waals surface area contributed by atoms with E-state index >= 15 is 0 Å². The number of hydrogen-bond donors (Lipinski definition) is 0. The van der Waals surface area contributed by atoms with Crippen LogP contribution < -0.4 is 9.47 Å². The second kappa shape index (κ2) is 6.83. The summed E-state index contributed by atoms with van der Waals surface area (Å²) in [5, 5.41) is 0. The van der Waals surface area contributed by atoms with E-state index in [1.165, 1.54) is 0 Å². The Bertz CT molecular complexity index is 540. The Balaban J connectivity index is 2.07. The van der Waals surface area contributed by atoms with Gasteiger partial charge in [-0.1, -0.05) is 28.1 Å². The lowest BCUT2D eigenvalue weighted by molar-refractivity contribution is 0.296. The molecule has 0 amide bonds. The molecule has 2 nitrogen and oxygen atoms in total. The maximum Gasteiger partial charge on any atom is 0.125 e. The summed E-state index contributed by atoms with van der Waals surface area (Å²) < 4.78 is 12.1. The van der Waals surface area contributed by atoms with Crippen LogP contribution in [0.4, 0.5) is 0 Å². The molecular weight excluding hydrogens is 328 g/mol. The normalized spacial score (nSPS) is 10.3. The SMILES string of the molecule is COc1ccc(Br)cc1COc1ccc(CCl)cc1. The lowest BCUT2D eigenvalue weighted by Gasteiger charge is -2.11. The van der Waals surface area contributed by atoms with Gasteiger partial charge in [-0.3, -0.25) is 0 Å². The van der Waals surface area contributed by atoms with E-state index in [1.807, 2.05) is 42.5 Å². The van der Waals surface area contributed by atoms with Gasteiger partial charge in [0.15, 0.2) is 0 Å². The fourth-order valence-electron chi connectivity index (χ4n) is 1.70. The van der Waals surface area contributed by atoms with Gasteiger partial charge in [-0.2, -0.15) is 0 Å². The second-order valence-electron chi connectivity index (χ2n) is 4.02. The van der Waals surface area contributed by atoms with Crippen molar-refractivity contribution < 1.29 is 9.47 Å². The van der Waals surface area contributed by atoms with Crippen LogP contribution in [-0.4, -0.2) is 7.11 Å². The molecule has 0 aliphatic carbocycles. The lowest BCUT2D eigenvalue weighted by atomic mass is 10.2. The van der Waals surface area contributed by atoms with Crippen molar-refractivity contribution in [3.8, 4) is 11.5 Å². The summed E-state index contributed by atoms with van der Waals surface area (Å²) in [5.74, 6) is 2.15. The standard InChI is InChI=1S/C15H14BrClO2/c1-18-15-7-4-13(16)8-12(15)10-19-14-5-2-11(9-17)3-6-14/h2-8H,9-10H2,1H3. The van der Waals surface area contributed by atoms with Gasteiger partial charge in [0.25, 0.3) is 0 Å². The Labute approximate surface area is 126 Å². The first kappa shape index (κ1) is 14.2. The van der Waals surface area contributed by atoms with E-state index in [-0.39, 0.29) is 0 Å². The van der Waals surface area contributed by atoms with Gasteiger partial charge in [0.1, 0.15) is 18.1 Å². The van der Waals surface area contributed by atoms with Crippen LogP contribution in [0.1, 0.15) is 11.1 Å². The molecule has 0 radical (unpaired) electrons. The Morgan fingerprint density at radius 3 is 2.47 bits per heavy atom. The number of methoxy groups -OCH3 is 1. The molecule has 4 heteroatoms. The van der Waals surface area contributed by atoms with Crippen molar-refractivity contribution in [1.82, 2.24) is 0 Å². The highest BCUT2D eigenvalue weighted by Gasteiger charge is 2.05. The predicted octanol–water partition coefficient (Wildman–Crippen LogP) is 4.78. The average Bonchev–Trinajstić information content (AvgIpc) is 2.46. The smallest absolute Gasteiger partial charge is 0.125 e. The van der Waals surface area contributed by atoms with Crippen molar-refractivity contribution in [2.24, 2.45) is 0 Å². The molecule has 2 aromatic rings. The van der Waals surface area contributed by atoms with Gasteiger partial charge in [-0.05, 0) is 35.9 Å². The number of halogens is 2. The quantitative estimate of drug-likeness (QED) is 0.729. The summed E-state index contributed by atoms with van der Waals surface area (Å²) >= 11 is 9.19. The molecule has 0 heterocycles. The molecule has 2 aromatic carbocycles. The molecule has 0 aliphatic heterocycles. The van der Waals surface area contributed by atoms with Crippen molar-refractivity contribution in [1.29, 1.82) is 0 Å². The summed E-state index contributed by atoms with van der Waals surface area (Å²) in [6, 6.07) is 13.6. The highest BCUT2D eigenvalue weighted by molar-refractivity contribution is 9.10. The predicted molar refractivity (Wildman–Crippen MR) is 81.0 cm³/mol. The lowest BCUT2D eigenvalue weighted by Crippen LogP contribution is -1.98. The number of hydrogen-bond acceptors (Lipinski definition) is 2. The van der Waals surface area contributed by atoms with Crippen LogP contribution in [-0.2, 0) is 12.5 Å². The fourth-order valence-corrected chi connectivity index (χ4v) is 2.28. The first-order valence-electron chi connectivity index (χ1n) is 5.83. The molecule has 0 bridgehead atoms. The third kappa shape index (κ3) is 3.88. The molecule has 0 aliphatic rings. The van der Waals surface area contributed by atoms with E-state index < -0.39 is 0 Å². The van der Waals surface area contributed by atoms with Gasteiger partial charge in [-0.15, -0.1) is 11.6 Å². The van der Waals surface area contributed by atoms with E-state index in [2.05, 4.69) is 15.9 Å². The van der Waals surface area contributed by atoms with Gasteiger partial charge in [0, 0.05) is 15.9 Å². The Morgan fingerprint density at radius 1 is 1.11 bits per heavy atom. The Morgan fingerprint density at radius 2 is 1.84 bits per heavy atom. The number of rotatable bonds is 5. The maximum absolute atomic E-state index is 5.75. The van der Waals surface area contributed by atoms with Crippen LogP contribution >= 0.6 is 27.5 Å². The molecule has 0 saturated heterocycles. The molecule has 0 saturated carbocycles. The molecule has 0 N–H and O–H groups in total. The van der Waals surface area contributed by atoms with E-state index in [9.17, 15) is 0 Å². The Kier molecular flexibility index (Phi) is 5.11.